The molecule has 1 unspecified atom stereocenters. The number of hydrogen-bond acceptors (Lipinski definition) is 4. The Kier molecular flexibility index (Phi) is 5.34. The van der Waals surface area contributed by atoms with Gasteiger partial charge in [0.2, 0.25) is 6.65 Å². The number of aromatic nitrogens is 1. The predicted octanol–water partition coefficient (Wildman–Crippen LogP) is 3.21. The van der Waals surface area contributed by atoms with Crippen molar-refractivity contribution in [3.05, 3.63) is 24.4 Å². The van der Waals surface area contributed by atoms with Crippen LogP contribution in [0.2, 0.25) is 0 Å². The number of nitrogens with zero attached hydrogens (tertiary/aromatic N) is 1. The lowest BCUT2D eigenvalue weighted by Gasteiger charge is -2.02. The minimum atomic E-state index is -2.87. The lowest BCUT2D eigenvalue weighted by atomic mass is 10.5. The molecule has 1 heterocycles. The van der Waals surface area contributed by atoms with Gasteiger partial charge in [0.05, 0.1) is 0 Å². The van der Waals surface area contributed by atoms with Crippen molar-refractivity contribution in [3.63, 3.8) is 0 Å². The van der Waals surface area contributed by atoms with Crippen LogP contribution in [-0.2, 0) is 4.57 Å². The molecule has 14 heavy (non-hydrogen) atoms. The molecule has 1 aromatic heterocycles. The molecule has 0 aliphatic heterocycles. The molecule has 0 aliphatic carbocycles. The minimum Gasteiger partial charge on any atom is -0.289 e. The van der Waals surface area contributed by atoms with Gasteiger partial charge in [0.1, 0.15) is 5.03 Å². The van der Waals surface area contributed by atoms with Crippen LogP contribution in [0.4, 0.5) is 0 Å². The van der Waals surface area contributed by atoms with E-state index in [1.807, 2.05) is 18.2 Å². The highest BCUT2D eigenvalue weighted by Crippen LogP contribution is 2.43. The molecule has 0 amide bonds. The molecule has 1 aromatic rings. The first-order valence-electron chi connectivity index (χ1n) is 3.86. The average molecular weight is 269 g/mol. The van der Waals surface area contributed by atoms with Crippen LogP contribution >= 0.6 is 39.5 Å². The Bertz CT molecular complexity index is 319. The molecule has 0 saturated carbocycles. The number of pyridine rings is 1. The summed E-state index contributed by atoms with van der Waals surface area (Å²) in [5, 5.41) is 0.930. The van der Waals surface area contributed by atoms with Crippen LogP contribution in [-0.4, -0.2) is 16.9 Å². The molecule has 0 aromatic carbocycles. The summed E-state index contributed by atoms with van der Waals surface area (Å²) in [4.78, 5) is 4.12. The van der Waals surface area contributed by atoms with Crippen LogP contribution in [0, 0.1) is 0 Å². The van der Waals surface area contributed by atoms with Gasteiger partial charge in [0.25, 0.3) is 0 Å². The number of halogens is 1. The van der Waals surface area contributed by atoms with Crippen molar-refractivity contribution in [1.29, 1.82) is 0 Å². The first kappa shape index (κ1) is 12.4. The van der Waals surface area contributed by atoms with Crippen LogP contribution in [0.3, 0.4) is 0 Å². The summed E-state index contributed by atoms with van der Waals surface area (Å²) in [6.45, 7) is -2.87. The van der Waals surface area contributed by atoms with E-state index in [-0.39, 0.29) is 0 Å². The molecular weight excluding hydrogens is 259 g/mol. The van der Waals surface area contributed by atoms with Crippen molar-refractivity contribution in [2.24, 2.45) is 5.50 Å². The molecule has 2 N–H and O–H groups in total. The number of hydrogen-bond donors (Lipinski definition) is 1. The largest absolute Gasteiger partial charge is 0.289 e. The fourth-order valence-corrected chi connectivity index (χ4v) is 4.60. The quantitative estimate of drug-likeness (QED) is 0.505. The Morgan fingerprint density at radius 1 is 1.57 bits per heavy atom. The molecule has 3 nitrogen and oxygen atoms in total. The van der Waals surface area contributed by atoms with Gasteiger partial charge in [-0.2, -0.15) is 0 Å². The Balaban J connectivity index is 2.20. The van der Waals surface area contributed by atoms with E-state index in [1.54, 1.807) is 17.0 Å². The van der Waals surface area contributed by atoms with Crippen LogP contribution in [0.1, 0.15) is 0 Å². The third-order valence-electron chi connectivity index (χ3n) is 1.26. The van der Waals surface area contributed by atoms with Crippen molar-refractivity contribution >= 4 is 39.5 Å². The molecule has 0 aliphatic rings. The van der Waals surface area contributed by atoms with Gasteiger partial charge in [-0.25, -0.2) is 4.98 Å². The standard InChI is InChI=1S/C7H10ClN2OPS2/c8-12(9,11)5-6-13-14-7-3-1-2-4-10-7/h1-4H,5-6H2,(H2,9,11). The van der Waals surface area contributed by atoms with Gasteiger partial charge in [-0.1, -0.05) is 16.9 Å². The zero-order valence-electron chi connectivity index (χ0n) is 7.30. The van der Waals surface area contributed by atoms with Gasteiger partial charge in [0.15, 0.2) is 0 Å². The Morgan fingerprint density at radius 3 is 2.93 bits per heavy atom. The summed E-state index contributed by atoms with van der Waals surface area (Å²) in [7, 11) is 3.08. The summed E-state index contributed by atoms with van der Waals surface area (Å²) in [6, 6.07) is 5.70. The topological polar surface area (TPSA) is 56.0 Å². The maximum atomic E-state index is 10.9. The third-order valence-corrected chi connectivity index (χ3v) is 5.17. The fraction of sp³-hybridized carbons (Fsp3) is 0.286. The molecule has 0 spiro atoms. The van der Waals surface area contributed by atoms with Gasteiger partial charge in [-0.3, -0.25) is 10.1 Å². The van der Waals surface area contributed by atoms with Crippen LogP contribution in [0.15, 0.2) is 29.4 Å². The van der Waals surface area contributed by atoms with Crippen molar-refractivity contribution in [2.45, 2.75) is 5.03 Å². The minimum absolute atomic E-state index is 0.346. The number of rotatable bonds is 5. The summed E-state index contributed by atoms with van der Waals surface area (Å²) in [5.41, 5.74) is 5.20. The summed E-state index contributed by atoms with van der Waals surface area (Å²) in [6.07, 6.45) is 2.08. The van der Waals surface area contributed by atoms with Crippen molar-refractivity contribution in [3.8, 4) is 0 Å². The molecule has 78 valence electrons. The first-order valence-corrected chi connectivity index (χ1v) is 9.04. The predicted molar refractivity (Wildman–Crippen MR) is 65.1 cm³/mol. The van der Waals surface area contributed by atoms with Crippen LogP contribution < -0.4 is 5.50 Å². The SMILES string of the molecule is NP(=O)(Cl)CCSSc1ccccn1. The Morgan fingerprint density at radius 2 is 2.36 bits per heavy atom. The van der Waals surface area contributed by atoms with E-state index in [1.165, 1.54) is 10.8 Å². The van der Waals surface area contributed by atoms with Crippen LogP contribution in [0.5, 0.6) is 0 Å². The highest BCUT2D eigenvalue weighted by molar-refractivity contribution is 8.76. The molecule has 0 bridgehead atoms. The highest BCUT2D eigenvalue weighted by atomic mass is 35.7. The lowest BCUT2D eigenvalue weighted by molar-refractivity contribution is 0.586. The Labute approximate surface area is 95.8 Å². The van der Waals surface area contributed by atoms with E-state index < -0.39 is 6.65 Å². The van der Waals surface area contributed by atoms with Crippen molar-refractivity contribution in [2.75, 3.05) is 11.9 Å². The monoisotopic (exact) mass is 268 g/mol. The van der Waals surface area contributed by atoms with E-state index >= 15 is 0 Å². The van der Waals surface area contributed by atoms with Gasteiger partial charge < -0.3 is 0 Å². The fourth-order valence-electron chi connectivity index (χ4n) is 0.660. The van der Waals surface area contributed by atoms with E-state index in [4.69, 9.17) is 16.7 Å². The normalized spacial score (nSPS) is 15.0. The third kappa shape index (κ3) is 5.94. The second-order valence-corrected chi connectivity index (χ2v) is 8.51. The maximum absolute atomic E-state index is 10.9. The Hall–Kier alpha value is 0.330. The highest BCUT2D eigenvalue weighted by Gasteiger charge is 2.10. The van der Waals surface area contributed by atoms with Gasteiger partial charge >= 0.3 is 0 Å². The van der Waals surface area contributed by atoms with Crippen molar-refractivity contribution in [1.82, 2.24) is 4.98 Å². The second-order valence-electron chi connectivity index (χ2n) is 2.50. The lowest BCUT2D eigenvalue weighted by Crippen LogP contribution is -1.94. The van der Waals surface area contributed by atoms with E-state index in [2.05, 4.69) is 4.98 Å². The van der Waals surface area contributed by atoms with Gasteiger partial charge in [-0.05, 0) is 34.2 Å². The molecule has 1 rings (SSSR count). The number of nitrogens with two attached hydrogens (primary N) is 1. The summed E-state index contributed by atoms with van der Waals surface area (Å²) in [5.74, 6) is 0.665. The van der Waals surface area contributed by atoms with Gasteiger partial charge in [0, 0.05) is 18.1 Å². The smallest absolute Gasteiger partial charge is 0.230 e. The zero-order chi connectivity index (χ0) is 10.4. The second kappa shape index (κ2) is 6.03. The molecule has 0 saturated heterocycles. The van der Waals surface area contributed by atoms with E-state index in [9.17, 15) is 4.57 Å². The van der Waals surface area contributed by atoms with Crippen molar-refractivity contribution < 1.29 is 4.57 Å². The van der Waals surface area contributed by atoms with E-state index in [0.717, 1.165) is 5.03 Å². The average Bonchev–Trinajstić information content (AvgIpc) is 2.13. The molecule has 0 radical (unpaired) electrons. The maximum Gasteiger partial charge on any atom is 0.230 e. The molecular formula is C7H10ClN2OPS2. The van der Waals surface area contributed by atoms with Crippen LogP contribution in [0.25, 0.3) is 0 Å². The van der Waals surface area contributed by atoms with E-state index in [0.29, 0.717) is 11.9 Å². The van der Waals surface area contributed by atoms with Gasteiger partial charge in [-0.15, -0.1) is 0 Å². The zero-order valence-corrected chi connectivity index (χ0v) is 10.6. The molecule has 7 heteroatoms. The summed E-state index contributed by atoms with van der Waals surface area (Å²) >= 11 is 5.41. The molecule has 0 fully saturated rings. The summed E-state index contributed by atoms with van der Waals surface area (Å²) < 4.78 is 10.9. The molecule has 1 atom stereocenters. The first-order chi connectivity index (χ1) is 6.58.